The van der Waals surface area contributed by atoms with Crippen LogP contribution in [-0.2, 0) is 19.2 Å². The molecule has 0 bridgehead atoms. The van der Waals surface area contributed by atoms with Gasteiger partial charge < -0.3 is 20.4 Å². The van der Waals surface area contributed by atoms with Crippen LogP contribution in [0.15, 0.2) is 58.7 Å². The monoisotopic (exact) mass is 518 g/mol. The van der Waals surface area contributed by atoms with Crippen molar-refractivity contribution in [3.8, 4) is 0 Å². The van der Waals surface area contributed by atoms with Crippen LogP contribution in [0.4, 0.5) is 22.7 Å². The predicted octanol–water partition coefficient (Wildman–Crippen LogP) is 1.67. The molecule has 2 aromatic rings. The Hall–Kier alpha value is -4.74. The number of hydrazone groups is 2. The van der Waals surface area contributed by atoms with Gasteiger partial charge in [-0.05, 0) is 49.2 Å². The zero-order valence-electron chi connectivity index (χ0n) is 20.9. The molecule has 0 radical (unpaired) electrons. The number of benzene rings is 2. The van der Waals surface area contributed by atoms with Crippen LogP contribution in [0.5, 0.6) is 0 Å². The second-order valence-corrected chi connectivity index (χ2v) is 8.73. The van der Waals surface area contributed by atoms with Crippen LogP contribution in [0, 0.1) is 0 Å². The highest BCUT2D eigenvalue weighted by atomic mass is 16.2. The quantitative estimate of drug-likeness (QED) is 0.263. The van der Waals surface area contributed by atoms with Gasteiger partial charge in [-0.3, -0.25) is 19.2 Å². The summed E-state index contributed by atoms with van der Waals surface area (Å²) >= 11 is 0. The van der Waals surface area contributed by atoms with Gasteiger partial charge in [0.15, 0.2) is 0 Å². The third-order valence-electron chi connectivity index (χ3n) is 5.96. The third kappa shape index (κ3) is 7.38. The highest BCUT2D eigenvalue weighted by Crippen LogP contribution is 2.25. The molecule has 0 atom stereocenters. The van der Waals surface area contributed by atoms with Crippen molar-refractivity contribution in [3.63, 3.8) is 0 Å². The standard InChI is InChI=1S/C26H30N8O4/c35-23(17-27-19-5-1-7-21(15-19)33-13-3-9-25(33)37)31-29-11-12-30-32-24(36)18-28-20-6-2-8-22(16-20)34-14-4-10-26(34)38/h1-2,5-8,11-12,15-16,27-28H,3-4,9-10,13-14,17-18H2,(H,31,35)(H,32,36)/b29-11-,30-12+. The molecule has 4 amide bonds. The molecule has 0 aliphatic carbocycles. The van der Waals surface area contributed by atoms with Crippen LogP contribution in [0.25, 0.3) is 0 Å². The van der Waals surface area contributed by atoms with Crippen LogP contribution in [-0.4, -0.2) is 62.2 Å². The first-order valence-corrected chi connectivity index (χ1v) is 12.4. The van der Waals surface area contributed by atoms with Crippen LogP contribution in [0.1, 0.15) is 25.7 Å². The number of nitrogens with one attached hydrogen (secondary N) is 4. The molecular formula is C26H30N8O4. The molecule has 2 heterocycles. The van der Waals surface area contributed by atoms with E-state index in [4.69, 9.17) is 0 Å². The van der Waals surface area contributed by atoms with Gasteiger partial charge in [0.2, 0.25) is 11.8 Å². The van der Waals surface area contributed by atoms with E-state index in [1.165, 1.54) is 12.4 Å². The number of hydrogen-bond donors (Lipinski definition) is 4. The Kier molecular flexibility index (Phi) is 9.00. The first kappa shape index (κ1) is 26.3. The lowest BCUT2D eigenvalue weighted by atomic mass is 10.2. The van der Waals surface area contributed by atoms with Crippen LogP contribution < -0.4 is 31.3 Å². The number of nitrogens with zero attached hydrogens (tertiary/aromatic N) is 4. The van der Waals surface area contributed by atoms with Crippen molar-refractivity contribution >= 4 is 58.8 Å². The molecule has 2 aromatic carbocycles. The second-order valence-electron chi connectivity index (χ2n) is 8.73. The van der Waals surface area contributed by atoms with Gasteiger partial charge in [-0.15, -0.1) is 0 Å². The van der Waals surface area contributed by atoms with E-state index in [1.54, 1.807) is 9.80 Å². The Balaban J connectivity index is 1.12. The first-order valence-electron chi connectivity index (χ1n) is 12.4. The Morgan fingerprint density at radius 3 is 1.58 bits per heavy atom. The summed E-state index contributed by atoms with van der Waals surface area (Å²) in [4.78, 5) is 51.3. The predicted molar refractivity (Wildman–Crippen MR) is 146 cm³/mol. The van der Waals surface area contributed by atoms with Gasteiger partial charge in [0.1, 0.15) is 0 Å². The maximum Gasteiger partial charge on any atom is 0.259 e. The van der Waals surface area contributed by atoms with E-state index in [0.717, 1.165) is 35.6 Å². The lowest BCUT2D eigenvalue weighted by Gasteiger charge is -2.16. The van der Waals surface area contributed by atoms with Crippen molar-refractivity contribution in [2.75, 3.05) is 46.6 Å². The maximum absolute atomic E-state index is 12.0. The lowest BCUT2D eigenvalue weighted by molar-refractivity contribution is -0.120. The summed E-state index contributed by atoms with van der Waals surface area (Å²) in [6.45, 7) is 1.38. The van der Waals surface area contributed by atoms with E-state index in [2.05, 4.69) is 31.7 Å². The molecule has 198 valence electrons. The average molecular weight is 519 g/mol. The van der Waals surface area contributed by atoms with Gasteiger partial charge in [0.25, 0.3) is 11.8 Å². The maximum atomic E-state index is 12.0. The van der Waals surface area contributed by atoms with Crippen molar-refractivity contribution in [2.24, 2.45) is 10.2 Å². The molecule has 2 fully saturated rings. The summed E-state index contributed by atoms with van der Waals surface area (Å²) in [5.74, 6) is -0.540. The summed E-state index contributed by atoms with van der Waals surface area (Å²) in [5.41, 5.74) is 7.75. The number of carbonyl (C=O) groups is 4. The minimum absolute atomic E-state index is 0.0125. The number of amides is 4. The molecule has 0 unspecified atom stereocenters. The van der Waals surface area contributed by atoms with E-state index in [-0.39, 0.29) is 36.7 Å². The molecule has 2 aliphatic rings. The van der Waals surface area contributed by atoms with Gasteiger partial charge >= 0.3 is 0 Å². The van der Waals surface area contributed by atoms with Crippen molar-refractivity contribution in [1.29, 1.82) is 0 Å². The highest BCUT2D eigenvalue weighted by Gasteiger charge is 2.22. The second kappa shape index (κ2) is 13.0. The number of carbonyl (C=O) groups excluding carboxylic acids is 4. The number of anilines is 4. The minimum atomic E-state index is -0.372. The van der Waals surface area contributed by atoms with Crippen LogP contribution in [0.3, 0.4) is 0 Å². The first-order chi connectivity index (χ1) is 18.5. The average Bonchev–Trinajstić information content (AvgIpc) is 3.56. The Morgan fingerprint density at radius 2 is 1.18 bits per heavy atom. The normalized spacial score (nSPS) is 15.5. The van der Waals surface area contributed by atoms with E-state index in [9.17, 15) is 19.2 Å². The largest absolute Gasteiger partial charge is 0.376 e. The summed E-state index contributed by atoms with van der Waals surface area (Å²) in [5, 5.41) is 13.5. The van der Waals surface area contributed by atoms with Gasteiger partial charge in [0.05, 0.1) is 25.5 Å². The summed E-state index contributed by atoms with van der Waals surface area (Å²) in [6, 6.07) is 14.7. The smallest absolute Gasteiger partial charge is 0.259 e. The van der Waals surface area contributed by atoms with Crippen molar-refractivity contribution < 1.29 is 19.2 Å². The van der Waals surface area contributed by atoms with Gasteiger partial charge in [-0.1, -0.05) is 12.1 Å². The third-order valence-corrected chi connectivity index (χ3v) is 5.96. The summed E-state index contributed by atoms with van der Waals surface area (Å²) in [7, 11) is 0. The fourth-order valence-electron chi connectivity index (χ4n) is 4.14. The van der Waals surface area contributed by atoms with Crippen molar-refractivity contribution in [2.45, 2.75) is 25.7 Å². The molecular weight excluding hydrogens is 488 g/mol. The van der Waals surface area contributed by atoms with E-state index in [0.29, 0.717) is 25.9 Å². The molecule has 0 saturated carbocycles. The van der Waals surface area contributed by atoms with E-state index >= 15 is 0 Å². The van der Waals surface area contributed by atoms with Crippen LogP contribution >= 0.6 is 0 Å². The summed E-state index contributed by atoms with van der Waals surface area (Å²) in [6.07, 6.45) is 5.28. The van der Waals surface area contributed by atoms with Gasteiger partial charge in [-0.25, -0.2) is 10.9 Å². The zero-order chi connectivity index (χ0) is 26.7. The molecule has 2 saturated heterocycles. The molecule has 0 spiro atoms. The zero-order valence-corrected chi connectivity index (χ0v) is 20.9. The molecule has 38 heavy (non-hydrogen) atoms. The lowest BCUT2D eigenvalue weighted by Crippen LogP contribution is -2.27. The van der Waals surface area contributed by atoms with Crippen LogP contribution in [0.2, 0.25) is 0 Å². The minimum Gasteiger partial charge on any atom is -0.376 e. The molecule has 0 aromatic heterocycles. The molecule has 2 aliphatic heterocycles. The fraction of sp³-hybridized carbons (Fsp3) is 0.308. The molecule has 4 N–H and O–H groups in total. The molecule has 4 rings (SSSR count). The van der Waals surface area contributed by atoms with Crippen molar-refractivity contribution in [1.82, 2.24) is 10.9 Å². The fourth-order valence-corrected chi connectivity index (χ4v) is 4.14. The highest BCUT2D eigenvalue weighted by molar-refractivity contribution is 6.16. The van der Waals surface area contributed by atoms with Gasteiger partial charge in [-0.2, -0.15) is 10.2 Å². The van der Waals surface area contributed by atoms with Crippen molar-refractivity contribution in [3.05, 3.63) is 48.5 Å². The Morgan fingerprint density at radius 1 is 0.737 bits per heavy atom. The topological polar surface area (TPSA) is 148 Å². The SMILES string of the molecule is O=C(CNc1cccc(N2CCCC2=O)c1)N/N=C\C=N\NC(=O)CNc1cccc(N2CCCC2=O)c1. The Bertz CT molecular complexity index is 1150. The summed E-state index contributed by atoms with van der Waals surface area (Å²) < 4.78 is 0. The molecule has 12 nitrogen and oxygen atoms in total. The van der Waals surface area contributed by atoms with Gasteiger partial charge in [0, 0.05) is 48.7 Å². The van der Waals surface area contributed by atoms with E-state index in [1.807, 2.05) is 48.5 Å². The van der Waals surface area contributed by atoms with E-state index < -0.39 is 0 Å². The Labute approximate surface area is 220 Å². The number of rotatable bonds is 11. The number of hydrogen-bond acceptors (Lipinski definition) is 8. The molecule has 12 heteroatoms.